The number of thioether (sulfide) groups is 3. The molecule has 1 nitrogen and oxygen atoms in total. The Bertz CT molecular complexity index is 258. The van der Waals surface area contributed by atoms with Gasteiger partial charge < -0.3 is 0 Å². The highest BCUT2D eigenvalue weighted by atomic mass is 32.2. The minimum absolute atomic E-state index is 0.0737. The van der Waals surface area contributed by atoms with Gasteiger partial charge in [0.2, 0.25) is 5.12 Å². The number of alkyl halides is 3. The zero-order valence-electron chi connectivity index (χ0n) is 7.67. The topological polar surface area (TPSA) is 17.1 Å². The maximum absolute atomic E-state index is 12.1. The van der Waals surface area contributed by atoms with Crippen molar-refractivity contribution in [3.8, 4) is 0 Å². The Morgan fingerprint density at radius 2 is 2.07 bits per heavy atom. The van der Waals surface area contributed by atoms with E-state index in [0.29, 0.717) is 5.75 Å². The molecule has 1 atom stereocenters. The summed E-state index contributed by atoms with van der Waals surface area (Å²) in [5.74, 6) is 2.59. The van der Waals surface area contributed by atoms with Crippen molar-refractivity contribution in [3.05, 3.63) is 12.2 Å². The van der Waals surface area contributed by atoms with Crippen LogP contribution in [-0.4, -0.2) is 33.1 Å². The molecule has 1 saturated heterocycles. The maximum atomic E-state index is 12.1. The zero-order valence-corrected chi connectivity index (χ0v) is 10.1. The predicted octanol–water partition coefficient (Wildman–Crippen LogP) is 3.17. The Balaban J connectivity index is 2.44. The van der Waals surface area contributed by atoms with Crippen LogP contribution in [0.1, 0.15) is 0 Å². The van der Waals surface area contributed by atoms with E-state index in [1.54, 1.807) is 11.8 Å². The van der Waals surface area contributed by atoms with E-state index in [1.807, 2.05) is 0 Å². The number of halogens is 3. The maximum Gasteiger partial charge on any atom is 0.420 e. The molecule has 1 heterocycles. The Morgan fingerprint density at radius 1 is 1.40 bits per heavy atom. The quantitative estimate of drug-likeness (QED) is 0.719. The molecule has 15 heavy (non-hydrogen) atoms. The van der Waals surface area contributed by atoms with E-state index >= 15 is 0 Å². The normalized spacial score (nSPS) is 22.5. The van der Waals surface area contributed by atoms with Crippen LogP contribution in [0.2, 0.25) is 0 Å². The fourth-order valence-electron chi connectivity index (χ4n) is 0.840. The first-order valence-electron chi connectivity index (χ1n) is 4.07. The first-order valence-corrected chi connectivity index (χ1v) is 7.16. The van der Waals surface area contributed by atoms with Gasteiger partial charge in [0.15, 0.2) is 0 Å². The summed E-state index contributed by atoms with van der Waals surface area (Å²) in [5, 5.41) is -0.956. The number of rotatable bonds is 2. The molecule has 1 aliphatic rings. The van der Waals surface area contributed by atoms with E-state index < -0.39 is 16.9 Å². The molecule has 0 aromatic carbocycles. The summed E-state index contributed by atoms with van der Waals surface area (Å²) < 4.78 is 36.3. The van der Waals surface area contributed by atoms with Gasteiger partial charge in [-0.2, -0.15) is 24.9 Å². The highest BCUT2D eigenvalue weighted by Gasteiger charge is 2.37. The number of hydrogen-bond acceptors (Lipinski definition) is 4. The van der Waals surface area contributed by atoms with E-state index in [2.05, 4.69) is 6.58 Å². The lowest BCUT2D eigenvalue weighted by Gasteiger charge is -2.20. The van der Waals surface area contributed by atoms with Gasteiger partial charge in [0.1, 0.15) is 5.57 Å². The van der Waals surface area contributed by atoms with Gasteiger partial charge >= 0.3 is 6.18 Å². The van der Waals surface area contributed by atoms with Crippen molar-refractivity contribution in [3.63, 3.8) is 0 Å². The molecule has 0 N–H and O–H groups in total. The van der Waals surface area contributed by atoms with Crippen molar-refractivity contribution >= 4 is 40.4 Å². The molecule has 0 aromatic rings. The van der Waals surface area contributed by atoms with E-state index in [0.717, 1.165) is 23.3 Å². The molecule has 7 heteroatoms. The Morgan fingerprint density at radius 3 is 2.53 bits per heavy atom. The van der Waals surface area contributed by atoms with Crippen LogP contribution in [0.3, 0.4) is 0 Å². The summed E-state index contributed by atoms with van der Waals surface area (Å²) in [4.78, 5) is 11.2. The van der Waals surface area contributed by atoms with Crippen molar-refractivity contribution in [1.29, 1.82) is 0 Å². The first kappa shape index (κ1) is 13.3. The molecule has 0 spiro atoms. The zero-order chi connectivity index (χ0) is 11.5. The second-order valence-electron chi connectivity index (χ2n) is 2.76. The van der Waals surface area contributed by atoms with Gasteiger partial charge in [-0.25, -0.2) is 0 Å². The smallest absolute Gasteiger partial charge is 0.282 e. The molecular weight excluding hydrogens is 265 g/mol. The lowest BCUT2D eigenvalue weighted by molar-refractivity contribution is -0.121. The van der Waals surface area contributed by atoms with Crippen LogP contribution in [0.4, 0.5) is 13.2 Å². The third-order valence-electron chi connectivity index (χ3n) is 1.61. The van der Waals surface area contributed by atoms with Crippen molar-refractivity contribution in [2.75, 3.05) is 17.3 Å². The van der Waals surface area contributed by atoms with Gasteiger partial charge in [-0.05, 0) is 0 Å². The van der Waals surface area contributed by atoms with Crippen LogP contribution in [0.15, 0.2) is 12.2 Å². The highest BCUT2D eigenvalue weighted by molar-refractivity contribution is 8.26. The monoisotopic (exact) mass is 274 g/mol. The van der Waals surface area contributed by atoms with Crippen LogP contribution < -0.4 is 0 Å². The van der Waals surface area contributed by atoms with Crippen LogP contribution in [0.5, 0.6) is 0 Å². The van der Waals surface area contributed by atoms with Gasteiger partial charge in [0.25, 0.3) is 0 Å². The van der Waals surface area contributed by atoms with E-state index in [9.17, 15) is 18.0 Å². The molecule has 0 saturated carbocycles. The minimum Gasteiger partial charge on any atom is -0.282 e. The summed E-state index contributed by atoms with van der Waals surface area (Å²) in [6.45, 7) is 2.78. The summed E-state index contributed by atoms with van der Waals surface area (Å²) in [6, 6.07) is 0. The predicted molar refractivity (Wildman–Crippen MR) is 61.4 cm³/mol. The standard InChI is InChI=1S/C8H9F3OS3/c1-5(8(9,10)11)7(12)15-6-4-13-2-3-14-6/h6H,1-4H2. The van der Waals surface area contributed by atoms with Crippen LogP contribution in [0, 0.1) is 0 Å². The Kier molecular flexibility index (Phi) is 4.92. The molecule has 86 valence electrons. The second-order valence-corrected chi connectivity index (χ2v) is 6.69. The SMILES string of the molecule is C=C(C(=O)SC1CSCCS1)C(F)(F)F. The van der Waals surface area contributed by atoms with Gasteiger partial charge in [-0.1, -0.05) is 18.3 Å². The molecule has 0 bridgehead atoms. The van der Waals surface area contributed by atoms with Crippen LogP contribution >= 0.6 is 35.3 Å². The van der Waals surface area contributed by atoms with Gasteiger partial charge in [-0.15, -0.1) is 11.8 Å². The lowest BCUT2D eigenvalue weighted by atomic mass is 10.3. The Hall–Kier alpha value is 0.250. The van der Waals surface area contributed by atoms with Crippen molar-refractivity contribution in [2.24, 2.45) is 0 Å². The van der Waals surface area contributed by atoms with Crippen LogP contribution in [0.25, 0.3) is 0 Å². The summed E-state index contributed by atoms with van der Waals surface area (Å²) in [5.41, 5.74) is -1.26. The molecule has 1 fully saturated rings. The van der Waals surface area contributed by atoms with E-state index in [-0.39, 0.29) is 4.58 Å². The van der Waals surface area contributed by atoms with Gasteiger partial charge in [0.05, 0.1) is 4.58 Å². The van der Waals surface area contributed by atoms with Crippen molar-refractivity contribution in [2.45, 2.75) is 10.8 Å². The average Bonchev–Trinajstić information content (AvgIpc) is 2.16. The highest BCUT2D eigenvalue weighted by Crippen LogP contribution is 2.36. The molecule has 1 unspecified atom stereocenters. The van der Waals surface area contributed by atoms with Crippen molar-refractivity contribution in [1.82, 2.24) is 0 Å². The third-order valence-corrected chi connectivity index (χ3v) is 5.92. The molecule has 0 aliphatic carbocycles. The largest absolute Gasteiger partial charge is 0.420 e. The van der Waals surface area contributed by atoms with E-state index in [1.165, 1.54) is 11.8 Å². The van der Waals surface area contributed by atoms with Crippen LogP contribution in [-0.2, 0) is 4.79 Å². The lowest BCUT2D eigenvalue weighted by Crippen LogP contribution is -2.20. The van der Waals surface area contributed by atoms with Crippen molar-refractivity contribution < 1.29 is 18.0 Å². The third kappa shape index (κ3) is 4.32. The average molecular weight is 274 g/mol. The summed E-state index contributed by atoms with van der Waals surface area (Å²) in [6.07, 6.45) is -4.60. The number of carbonyl (C=O) groups is 1. The number of carbonyl (C=O) groups excluding carboxylic acids is 1. The fraction of sp³-hybridized carbons (Fsp3) is 0.625. The molecule has 1 rings (SSSR count). The molecule has 0 amide bonds. The van der Waals surface area contributed by atoms with Gasteiger partial charge in [0, 0.05) is 17.3 Å². The molecule has 1 aliphatic heterocycles. The Labute approximate surface area is 98.6 Å². The molecule has 0 aromatic heterocycles. The fourth-order valence-corrected chi connectivity index (χ4v) is 4.87. The van der Waals surface area contributed by atoms with Gasteiger partial charge in [-0.3, -0.25) is 4.79 Å². The molecular formula is C8H9F3OS3. The van der Waals surface area contributed by atoms with E-state index in [4.69, 9.17) is 0 Å². The summed E-state index contributed by atoms with van der Waals surface area (Å²) in [7, 11) is 0. The molecule has 0 radical (unpaired) electrons. The number of hydrogen-bond donors (Lipinski definition) is 0. The first-order chi connectivity index (χ1) is 6.91. The second kappa shape index (κ2) is 5.54. The minimum atomic E-state index is -4.60. The summed E-state index contributed by atoms with van der Waals surface area (Å²) >= 11 is 3.93.